The molecule has 8 nitrogen and oxygen atoms in total. The van der Waals surface area contributed by atoms with Gasteiger partial charge in [0, 0.05) is 48.6 Å². The van der Waals surface area contributed by atoms with Crippen molar-refractivity contribution in [1.29, 1.82) is 0 Å². The van der Waals surface area contributed by atoms with Gasteiger partial charge in [0.25, 0.3) is 0 Å². The fraction of sp³-hybridized carbons (Fsp3) is 0.233. The molecule has 0 bridgehead atoms. The third-order valence-corrected chi connectivity index (χ3v) is 9.22. The van der Waals surface area contributed by atoms with Crippen LogP contribution in [-0.2, 0) is 16.4 Å². The maximum absolute atomic E-state index is 15.4. The Kier molecular flexibility index (Phi) is 6.90. The molecule has 41 heavy (non-hydrogen) atoms. The van der Waals surface area contributed by atoms with E-state index in [1.807, 2.05) is 17.6 Å². The van der Waals surface area contributed by atoms with Crippen LogP contribution < -0.4 is 9.04 Å². The van der Waals surface area contributed by atoms with Gasteiger partial charge in [-0.1, -0.05) is 18.2 Å². The van der Waals surface area contributed by atoms with E-state index in [1.165, 1.54) is 29.6 Å². The predicted molar refractivity (Wildman–Crippen MR) is 152 cm³/mol. The average Bonchev–Trinajstić information content (AvgIpc) is 3.51. The molecule has 1 atom stereocenters. The van der Waals surface area contributed by atoms with Gasteiger partial charge in [-0.05, 0) is 54.8 Å². The number of nitrogens with zero attached hydrogens (tertiary/aromatic N) is 5. The standard InChI is InChI=1S/C30H27F2N5O3S/c1-19(21-5-8-23(31)9-6-21)37-27-15-24(22-7-11-30(40-2)34-18-22)25(32)16-26(27)35-29(37)14-20-4-10-28(33-17-20)36-12-3-13-41(36,38)39/h4-11,15-19H,3,12-14H2,1-2H3/t19-/m0/s1. The maximum Gasteiger partial charge on any atom is 0.236 e. The number of hydrogen-bond donors (Lipinski definition) is 0. The minimum absolute atomic E-state index is 0.118. The second-order valence-corrected chi connectivity index (χ2v) is 12.0. The van der Waals surface area contributed by atoms with Crippen molar-refractivity contribution < 1.29 is 21.9 Å². The highest BCUT2D eigenvalue weighted by atomic mass is 32.2. The molecule has 0 N–H and O–H groups in total. The van der Waals surface area contributed by atoms with Gasteiger partial charge in [0.1, 0.15) is 23.3 Å². The molecule has 4 heterocycles. The van der Waals surface area contributed by atoms with Gasteiger partial charge in [0.15, 0.2) is 0 Å². The zero-order valence-corrected chi connectivity index (χ0v) is 23.3. The number of fused-ring (bicyclic) bond motifs is 1. The van der Waals surface area contributed by atoms with Gasteiger partial charge >= 0.3 is 0 Å². The van der Waals surface area contributed by atoms with Crippen LogP contribution in [0.15, 0.2) is 73.1 Å². The van der Waals surface area contributed by atoms with E-state index in [1.54, 1.807) is 48.8 Å². The van der Waals surface area contributed by atoms with Crippen molar-refractivity contribution in [2.45, 2.75) is 25.8 Å². The SMILES string of the molecule is COc1ccc(-c2cc3c(cc2F)nc(Cc2ccc(N4CCCS4(=O)=O)nc2)n3[C@@H](C)c2ccc(F)cc2)cn1. The number of benzene rings is 2. The molecule has 0 radical (unpaired) electrons. The van der Waals surface area contributed by atoms with Gasteiger partial charge in [-0.25, -0.2) is 32.2 Å². The van der Waals surface area contributed by atoms with Gasteiger partial charge < -0.3 is 9.30 Å². The third kappa shape index (κ3) is 5.13. The first-order valence-electron chi connectivity index (χ1n) is 13.1. The summed E-state index contributed by atoms with van der Waals surface area (Å²) in [5.41, 5.74) is 3.81. The number of aromatic nitrogens is 4. The molecule has 1 saturated heterocycles. The van der Waals surface area contributed by atoms with E-state index < -0.39 is 15.8 Å². The van der Waals surface area contributed by atoms with Crippen molar-refractivity contribution >= 4 is 26.9 Å². The number of ether oxygens (including phenoxy) is 1. The molecule has 0 unspecified atom stereocenters. The molecule has 0 amide bonds. The minimum Gasteiger partial charge on any atom is -0.481 e. The Morgan fingerprint density at radius 2 is 1.80 bits per heavy atom. The molecule has 5 aromatic rings. The fourth-order valence-corrected chi connectivity index (χ4v) is 6.76. The Balaban J connectivity index is 1.43. The van der Waals surface area contributed by atoms with E-state index in [2.05, 4.69) is 9.97 Å². The first-order chi connectivity index (χ1) is 19.7. The highest BCUT2D eigenvalue weighted by Gasteiger charge is 2.29. The molecule has 2 aromatic carbocycles. The molecular formula is C30H27F2N5O3S. The quantitative estimate of drug-likeness (QED) is 0.254. The largest absolute Gasteiger partial charge is 0.481 e. The molecular weight excluding hydrogens is 548 g/mol. The second-order valence-electron chi connectivity index (χ2n) is 9.98. The number of pyridine rings is 2. The lowest BCUT2D eigenvalue weighted by Gasteiger charge is -2.19. The summed E-state index contributed by atoms with van der Waals surface area (Å²) in [6.45, 7) is 2.40. The molecule has 1 fully saturated rings. The van der Waals surface area contributed by atoms with Crippen LogP contribution in [0.2, 0.25) is 0 Å². The second kappa shape index (κ2) is 10.5. The first-order valence-corrected chi connectivity index (χ1v) is 14.8. The summed E-state index contributed by atoms with van der Waals surface area (Å²) in [6, 6.07) is 16.1. The first kappa shape index (κ1) is 26.8. The Morgan fingerprint density at radius 1 is 1.00 bits per heavy atom. The van der Waals surface area contributed by atoms with Crippen LogP contribution >= 0.6 is 0 Å². The van der Waals surface area contributed by atoms with E-state index in [4.69, 9.17) is 9.72 Å². The smallest absolute Gasteiger partial charge is 0.236 e. The highest BCUT2D eigenvalue weighted by molar-refractivity contribution is 7.93. The number of rotatable bonds is 7. The van der Waals surface area contributed by atoms with E-state index in [0.717, 1.165) is 11.1 Å². The number of hydrogen-bond acceptors (Lipinski definition) is 6. The predicted octanol–water partition coefficient (Wildman–Crippen LogP) is 5.52. The number of anilines is 1. The van der Waals surface area contributed by atoms with Crippen LogP contribution in [0.3, 0.4) is 0 Å². The number of methoxy groups -OCH3 is 1. The van der Waals surface area contributed by atoms with E-state index in [-0.39, 0.29) is 17.6 Å². The molecule has 3 aromatic heterocycles. The number of sulfonamides is 1. The summed E-state index contributed by atoms with van der Waals surface area (Å²) in [5, 5.41) is 0. The number of halogens is 2. The van der Waals surface area contributed by atoms with Crippen molar-refractivity contribution in [1.82, 2.24) is 19.5 Å². The zero-order valence-electron chi connectivity index (χ0n) is 22.5. The molecule has 1 aliphatic heterocycles. The van der Waals surface area contributed by atoms with E-state index in [0.29, 0.717) is 59.1 Å². The van der Waals surface area contributed by atoms with E-state index >= 15 is 4.39 Å². The Bertz CT molecular complexity index is 1820. The van der Waals surface area contributed by atoms with Crippen molar-refractivity contribution in [2.24, 2.45) is 0 Å². The van der Waals surface area contributed by atoms with Gasteiger partial charge in [-0.2, -0.15) is 0 Å². The van der Waals surface area contributed by atoms with Crippen LogP contribution in [0.5, 0.6) is 5.88 Å². The monoisotopic (exact) mass is 575 g/mol. The third-order valence-electron chi connectivity index (χ3n) is 7.37. The van der Waals surface area contributed by atoms with E-state index in [9.17, 15) is 12.8 Å². The minimum atomic E-state index is -3.34. The average molecular weight is 576 g/mol. The molecule has 6 rings (SSSR count). The number of imidazole rings is 1. The molecule has 11 heteroatoms. The summed E-state index contributed by atoms with van der Waals surface area (Å²) in [6.07, 6.45) is 4.13. The highest BCUT2D eigenvalue weighted by Crippen LogP contribution is 2.33. The maximum atomic E-state index is 15.4. The van der Waals surface area contributed by atoms with Gasteiger partial charge in [0.05, 0.1) is 29.9 Å². The Labute approximate surface area is 236 Å². The van der Waals surface area contributed by atoms with Crippen molar-refractivity contribution in [3.63, 3.8) is 0 Å². The van der Waals surface area contributed by atoms with Crippen molar-refractivity contribution in [2.75, 3.05) is 23.7 Å². The summed E-state index contributed by atoms with van der Waals surface area (Å²) < 4.78 is 62.2. The van der Waals surface area contributed by atoms with Gasteiger partial charge in [-0.3, -0.25) is 4.31 Å². The lowest BCUT2D eigenvalue weighted by atomic mass is 10.0. The van der Waals surface area contributed by atoms with Gasteiger partial charge in [0.2, 0.25) is 15.9 Å². The van der Waals surface area contributed by atoms with Crippen LogP contribution in [0.25, 0.3) is 22.2 Å². The molecule has 0 spiro atoms. The van der Waals surface area contributed by atoms with Crippen molar-refractivity contribution in [3.8, 4) is 17.0 Å². The molecule has 0 saturated carbocycles. The zero-order chi connectivity index (χ0) is 28.7. The van der Waals surface area contributed by atoms with Crippen LogP contribution in [-0.4, -0.2) is 47.3 Å². The van der Waals surface area contributed by atoms with Crippen LogP contribution in [0, 0.1) is 11.6 Å². The molecule has 0 aliphatic carbocycles. The topological polar surface area (TPSA) is 90.2 Å². The summed E-state index contributed by atoms with van der Waals surface area (Å²) >= 11 is 0. The lowest BCUT2D eigenvalue weighted by Crippen LogP contribution is -2.25. The molecule has 210 valence electrons. The van der Waals surface area contributed by atoms with Crippen LogP contribution in [0.1, 0.15) is 36.3 Å². The Hall–Kier alpha value is -4.38. The fourth-order valence-electron chi connectivity index (χ4n) is 5.24. The Morgan fingerprint density at radius 3 is 2.44 bits per heavy atom. The summed E-state index contributed by atoms with van der Waals surface area (Å²) in [5.74, 6) is 0.817. The summed E-state index contributed by atoms with van der Waals surface area (Å²) in [7, 11) is -1.82. The van der Waals surface area contributed by atoms with Crippen molar-refractivity contribution in [3.05, 3.63) is 102 Å². The van der Waals surface area contributed by atoms with Crippen LogP contribution in [0.4, 0.5) is 14.6 Å². The molecule has 1 aliphatic rings. The van der Waals surface area contributed by atoms with Gasteiger partial charge in [-0.15, -0.1) is 0 Å². The summed E-state index contributed by atoms with van der Waals surface area (Å²) in [4.78, 5) is 13.4. The lowest BCUT2D eigenvalue weighted by molar-refractivity contribution is 0.398. The normalized spacial score (nSPS) is 15.4.